The largest absolute Gasteiger partial charge is 0.356 e. The predicted molar refractivity (Wildman–Crippen MR) is 103 cm³/mol. The van der Waals surface area contributed by atoms with Crippen molar-refractivity contribution < 1.29 is 4.79 Å². The molecule has 1 unspecified atom stereocenters. The van der Waals surface area contributed by atoms with Crippen LogP contribution in [-0.2, 0) is 4.79 Å². The van der Waals surface area contributed by atoms with Gasteiger partial charge in [0.25, 0.3) is 0 Å². The number of amides is 1. The summed E-state index contributed by atoms with van der Waals surface area (Å²) < 4.78 is 0. The summed E-state index contributed by atoms with van der Waals surface area (Å²) in [5, 5.41) is 0. The SMILES string of the molecule is O=C(C1CCCN(c2cc(-c3ccccc3)ncn2)C1)N1CCCCC1. The van der Waals surface area contributed by atoms with Crippen LogP contribution in [0.4, 0.5) is 5.82 Å². The molecule has 2 aromatic rings. The van der Waals surface area contributed by atoms with Gasteiger partial charge >= 0.3 is 0 Å². The molecule has 0 radical (unpaired) electrons. The second kappa shape index (κ2) is 7.85. The first-order chi connectivity index (χ1) is 12.8. The Balaban J connectivity index is 1.48. The highest BCUT2D eigenvalue weighted by Gasteiger charge is 2.30. The molecule has 0 spiro atoms. The molecular formula is C21H26N4O. The lowest BCUT2D eigenvalue weighted by atomic mass is 9.95. The summed E-state index contributed by atoms with van der Waals surface area (Å²) >= 11 is 0. The lowest BCUT2D eigenvalue weighted by Crippen LogP contribution is -2.46. The molecule has 0 bridgehead atoms. The number of nitrogens with zero attached hydrogens (tertiary/aromatic N) is 4. The molecule has 2 fully saturated rings. The molecule has 136 valence electrons. The molecule has 0 aliphatic carbocycles. The number of likely N-dealkylation sites (tertiary alicyclic amines) is 1. The van der Waals surface area contributed by atoms with E-state index < -0.39 is 0 Å². The van der Waals surface area contributed by atoms with E-state index in [1.165, 1.54) is 6.42 Å². The minimum Gasteiger partial charge on any atom is -0.356 e. The molecule has 1 aromatic heterocycles. The Bertz CT molecular complexity index is 743. The summed E-state index contributed by atoms with van der Waals surface area (Å²) in [4.78, 5) is 26.1. The van der Waals surface area contributed by atoms with Gasteiger partial charge in [0.15, 0.2) is 0 Å². The third-order valence-electron chi connectivity index (χ3n) is 5.48. The third-order valence-corrected chi connectivity index (χ3v) is 5.48. The van der Waals surface area contributed by atoms with Gasteiger partial charge in [-0.15, -0.1) is 0 Å². The zero-order valence-electron chi connectivity index (χ0n) is 15.2. The van der Waals surface area contributed by atoms with Gasteiger partial charge in [-0.1, -0.05) is 30.3 Å². The molecule has 3 heterocycles. The second-order valence-corrected chi connectivity index (χ2v) is 7.30. The molecule has 5 heteroatoms. The summed E-state index contributed by atoms with van der Waals surface area (Å²) in [5.41, 5.74) is 2.02. The van der Waals surface area contributed by atoms with Crippen LogP contribution in [0.1, 0.15) is 32.1 Å². The van der Waals surface area contributed by atoms with Crippen LogP contribution in [0.25, 0.3) is 11.3 Å². The molecule has 26 heavy (non-hydrogen) atoms. The van der Waals surface area contributed by atoms with Gasteiger partial charge in [-0.2, -0.15) is 0 Å². The first-order valence-electron chi connectivity index (χ1n) is 9.72. The maximum atomic E-state index is 12.9. The monoisotopic (exact) mass is 350 g/mol. The first kappa shape index (κ1) is 17.0. The average Bonchev–Trinajstić information content (AvgIpc) is 2.75. The number of hydrogen-bond acceptors (Lipinski definition) is 4. The summed E-state index contributed by atoms with van der Waals surface area (Å²) in [6, 6.07) is 12.2. The van der Waals surface area contributed by atoms with Crippen molar-refractivity contribution in [1.29, 1.82) is 0 Å². The van der Waals surface area contributed by atoms with Gasteiger partial charge in [0.05, 0.1) is 11.6 Å². The minimum atomic E-state index is 0.0944. The highest BCUT2D eigenvalue weighted by Crippen LogP contribution is 2.26. The van der Waals surface area contributed by atoms with Crippen LogP contribution in [0, 0.1) is 5.92 Å². The molecule has 2 aliphatic heterocycles. The molecule has 1 amide bonds. The lowest BCUT2D eigenvalue weighted by molar-refractivity contribution is -0.136. The van der Waals surface area contributed by atoms with Gasteiger partial charge in [0, 0.05) is 37.8 Å². The molecule has 0 saturated carbocycles. The third kappa shape index (κ3) is 3.71. The van der Waals surface area contributed by atoms with E-state index in [0.29, 0.717) is 5.91 Å². The fourth-order valence-electron chi connectivity index (χ4n) is 4.05. The van der Waals surface area contributed by atoms with Gasteiger partial charge in [-0.3, -0.25) is 4.79 Å². The molecule has 2 aliphatic rings. The molecule has 1 aromatic carbocycles. The van der Waals surface area contributed by atoms with E-state index in [0.717, 1.165) is 68.9 Å². The van der Waals surface area contributed by atoms with Crippen molar-refractivity contribution in [2.45, 2.75) is 32.1 Å². The van der Waals surface area contributed by atoms with E-state index in [-0.39, 0.29) is 5.92 Å². The van der Waals surface area contributed by atoms with Gasteiger partial charge in [0.1, 0.15) is 12.1 Å². The molecule has 4 rings (SSSR count). The maximum Gasteiger partial charge on any atom is 0.227 e. The number of benzene rings is 1. The number of rotatable bonds is 3. The Labute approximate surface area is 155 Å². The molecule has 2 saturated heterocycles. The summed E-state index contributed by atoms with van der Waals surface area (Å²) in [6.07, 6.45) is 7.21. The zero-order valence-corrected chi connectivity index (χ0v) is 15.2. The average molecular weight is 350 g/mol. The highest BCUT2D eigenvalue weighted by molar-refractivity contribution is 5.80. The Kier molecular flexibility index (Phi) is 5.14. The minimum absolute atomic E-state index is 0.0944. The zero-order chi connectivity index (χ0) is 17.8. The van der Waals surface area contributed by atoms with Crippen LogP contribution in [-0.4, -0.2) is 47.0 Å². The van der Waals surface area contributed by atoms with E-state index in [4.69, 9.17) is 0 Å². The predicted octanol–water partition coefficient (Wildman–Crippen LogP) is 3.37. The normalized spacial score (nSPS) is 20.8. The van der Waals surface area contributed by atoms with Gasteiger partial charge in [0.2, 0.25) is 5.91 Å². The van der Waals surface area contributed by atoms with Crippen molar-refractivity contribution in [3.8, 4) is 11.3 Å². The van der Waals surface area contributed by atoms with Crippen molar-refractivity contribution in [3.63, 3.8) is 0 Å². The number of aromatic nitrogens is 2. The standard InChI is InChI=1S/C21H26N4O/c26-21(24-11-5-2-6-12-24)18-10-7-13-25(15-18)20-14-19(22-16-23-20)17-8-3-1-4-9-17/h1,3-4,8-9,14,16,18H,2,5-7,10-13,15H2. The molecule has 1 atom stereocenters. The van der Waals surface area contributed by atoms with Crippen molar-refractivity contribution in [2.24, 2.45) is 5.92 Å². The summed E-state index contributed by atoms with van der Waals surface area (Å²) in [7, 11) is 0. The molecule has 5 nitrogen and oxygen atoms in total. The van der Waals surface area contributed by atoms with Crippen LogP contribution in [0.5, 0.6) is 0 Å². The molecule has 0 N–H and O–H groups in total. The topological polar surface area (TPSA) is 49.3 Å². The van der Waals surface area contributed by atoms with Crippen molar-refractivity contribution in [3.05, 3.63) is 42.7 Å². The fraction of sp³-hybridized carbons (Fsp3) is 0.476. The van der Waals surface area contributed by atoms with Crippen LogP contribution in [0.3, 0.4) is 0 Å². The van der Waals surface area contributed by atoms with E-state index >= 15 is 0 Å². The van der Waals surface area contributed by atoms with Crippen LogP contribution in [0.2, 0.25) is 0 Å². The number of hydrogen-bond donors (Lipinski definition) is 0. The van der Waals surface area contributed by atoms with Gasteiger partial charge in [-0.05, 0) is 32.1 Å². The van der Waals surface area contributed by atoms with Gasteiger partial charge < -0.3 is 9.80 Å². The quantitative estimate of drug-likeness (QED) is 0.851. The Morgan fingerprint density at radius 3 is 2.58 bits per heavy atom. The Hall–Kier alpha value is -2.43. The summed E-state index contributed by atoms with van der Waals surface area (Å²) in [5.74, 6) is 1.36. The van der Waals surface area contributed by atoms with E-state index in [1.807, 2.05) is 24.3 Å². The van der Waals surface area contributed by atoms with E-state index in [2.05, 4.69) is 31.9 Å². The van der Waals surface area contributed by atoms with Crippen LogP contribution >= 0.6 is 0 Å². The van der Waals surface area contributed by atoms with Gasteiger partial charge in [-0.25, -0.2) is 9.97 Å². The van der Waals surface area contributed by atoms with Crippen molar-refractivity contribution in [2.75, 3.05) is 31.1 Å². The maximum absolute atomic E-state index is 12.9. The van der Waals surface area contributed by atoms with Crippen molar-refractivity contribution in [1.82, 2.24) is 14.9 Å². The number of carbonyl (C=O) groups excluding carboxylic acids is 1. The lowest BCUT2D eigenvalue weighted by Gasteiger charge is -2.36. The molecular weight excluding hydrogens is 324 g/mol. The van der Waals surface area contributed by atoms with E-state index in [1.54, 1.807) is 6.33 Å². The highest BCUT2D eigenvalue weighted by atomic mass is 16.2. The fourth-order valence-corrected chi connectivity index (χ4v) is 4.05. The van der Waals surface area contributed by atoms with E-state index in [9.17, 15) is 4.79 Å². The number of piperidine rings is 2. The summed E-state index contributed by atoms with van der Waals surface area (Å²) in [6.45, 7) is 3.58. The number of anilines is 1. The first-order valence-corrected chi connectivity index (χ1v) is 9.72. The number of carbonyl (C=O) groups is 1. The smallest absolute Gasteiger partial charge is 0.227 e. The van der Waals surface area contributed by atoms with Crippen LogP contribution < -0.4 is 4.90 Å². The second-order valence-electron chi connectivity index (χ2n) is 7.30. The van der Waals surface area contributed by atoms with Crippen LogP contribution in [0.15, 0.2) is 42.7 Å². The Morgan fingerprint density at radius 1 is 0.962 bits per heavy atom. The van der Waals surface area contributed by atoms with Crippen molar-refractivity contribution >= 4 is 11.7 Å². The Morgan fingerprint density at radius 2 is 1.77 bits per heavy atom.